The van der Waals surface area contributed by atoms with Crippen LogP contribution in [0.2, 0.25) is 5.02 Å². The van der Waals surface area contributed by atoms with Crippen molar-refractivity contribution < 1.29 is 0 Å². The predicted octanol–water partition coefficient (Wildman–Crippen LogP) is 4.95. The minimum atomic E-state index is 0.729. The first-order valence-electron chi connectivity index (χ1n) is 5.55. The second-order valence-corrected chi connectivity index (χ2v) is 5.53. The van der Waals surface area contributed by atoms with Crippen LogP contribution in [-0.4, -0.2) is 9.97 Å². The number of hydrogen-bond acceptors (Lipinski definition) is 1. The Balaban J connectivity index is 2.19. The van der Waals surface area contributed by atoms with E-state index < -0.39 is 0 Å². The van der Waals surface area contributed by atoms with Crippen LogP contribution in [0.3, 0.4) is 0 Å². The maximum absolute atomic E-state index is 5.89. The highest BCUT2D eigenvalue weighted by atomic mass is 79.9. The summed E-state index contributed by atoms with van der Waals surface area (Å²) in [5, 5.41) is 0.729. The molecular weight excluding hydrogens is 312 g/mol. The van der Waals surface area contributed by atoms with Crippen molar-refractivity contribution in [2.45, 2.75) is 6.92 Å². The number of rotatable bonds is 1. The fraction of sp³-hybridized carbons (Fsp3) is 0.0714. The molecule has 2 nitrogen and oxygen atoms in total. The second kappa shape index (κ2) is 4.41. The van der Waals surface area contributed by atoms with Gasteiger partial charge in [-0.15, -0.1) is 0 Å². The molecule has 0 aliphatic rings. The van der Waals surface area contributed by atoms with Gasteiger partial charge in [0.15, 0.2) is 0 Å². The molecule has 0 spiro atoms. The van der Waals surface area contributed by atoms with Gasteiger partial charge in [-0.3, -0.25) is 0 Å². The van der Waals surface area contributed by atoms with Gasteiger partial charge in [0.05, 0.1) is 5.52 Å². The predicted molar refractivity (Wildman–Crippen MR) is 79.0 cm³/mol. The van der Waals surface area contributed by atoms with Crippen LogP contribution in [0.1, 0.15) is 5.56 Å². The van der Waals surface area contributed by atoms with Crippen molar-refractivity contribution in [3.05, 3.63) is 51.5 Å². The Morgan fingerprint density at radius 3 is 2.61 bits per heavy atom. The summed E-state index contributed by atoms with van der Waals surface area (Å²) in [6, 6.07) is 11.8. The zero-order valence-electron chi connectivity index (χ0n) is 9.67. The molecule has 0 radical (unpaired) electrons. The number of imidazole rings is 1. The summed E-state index contributed by atoms with van der Waals surface area (Å²) in [5.41, 5.74) is 4.21. The third kappa shape index (κ3) is 2.04. The van der Waals surface area contributed by atoms with Crippen LogP contribution >= 0.6 is 27.5 Å². The van der Waals surface area contributed by atoms with Crippen LogP contribution in [-0.2, 0) is 0 Å². The van der Waals surface area contributed by atoms with Gasteiger partial charge in [0, 0.05) is 15.1 Å². The maximum Gasteiger partial charge on any atom is 0.138 e. The zero-order chi connectivity index (χ0) is 12.7. The van der Waals surface area contributed by atoms with Gasteiger partial charge in [0.25, 0.3) is 0 Å². The third-order valence-electron chi connectivity index (χ3n) is 2.80. The van der Waals surface area contributed by atoms with Crippen molar-refractivity contribution in [3.63, 3.8) is 0 Å². The van der Waals surface area contributed by atoms with E-state index in [1.165, 1.54) is 5.56 Å². The lowest BCUT2D eigenvalue weighted by molar-refractivity contribution is 1.33. The average molecular weight is 322 g/mol. The number of benzene rings is 2. The molecule has 4 heteroatoms. The fourth-order valence-electron chi connectivity index (χ4n) is 1.96. The first-order valence-corrected chi connectivity index (χ1v) is 6.72. The van der Waals surface area contributed by atoms with E-state index in [1.54, 1.807) is 0 Å². The number of aromatic amines is 1. The Morgan fingerprint density at radius 1 is 1.17 bits per heavy atom. The molecular formula is C14H10BrClN2. The minimum absolute atomic E-state index is 0.729. The largest absolute Gasteiger partial charge is 0.338 e. The fourth-order valence-corrected chi connectivity index (χ4v) is 2.74. The van der Waals surface area contributed by atoms with E-state index in [0.717, 1.165) is 31.9 Å². The Morgan fingerprint density at radius 2 is 1.89 bits per heavy atom. The van der Waals surface area contributed by atoms with Crippen molar-refractivity contribution in [1.82, 2.24) is 9.97 Å². The van der Waals surface area contributed by atoms with Crippen LogP contribution in [0.25, 0.3) is 22.4 Å². The number of nitrogens with one attached hydrogen (secondary N) is 1. The van der Waals surface area contributed by atoms with Crippen LogP contribution in [0.15, 0.2) is 40.9 Å². The number of nitrogens with zero attached hydrogens (tertiary/aromatic N) is 1. The van der Waals surface area contributed by atoms with E-state index in [1.807, 2.05) is 24.3 Å². The molecule has 0 amide bonds. The molecule has 0 bridgehead atoms. The SMILES string of the molecule is Cc1cc(Br)c2nc(-c3ccc(Cl)cc3)[nH]c2c1. The third-order valence-corrected chi connectivity index (χ3v) is 3.66. The van der Waals surface area contributed by atoms with E-state index >= 15 is 0 Å². The van der Waals surface area contributed by atoms with Gasteiger partial charge in [-0.25, -0.2) is 4.98 Å². The van der Waals surface area contributed by atoms with Gasteiger partial charge < -0.3 is 4.98 Å². The molecule has 0 fully saturated rings. The molecule has 90 valence electrons. The van der Waals surface area contributed by atoms with Crippen LogP contribution in [0.4, 0.5) is 0 Å². The minimum Gasteiger partial charge on any atom is -0.338 e. The highest BCUT2D eigenvalue weighted by Crippen LogP contribution is 2.27. The first kappa shape index (κ1) is 11.8. The van der Waals surface area contributed by atoms with Gasteiger partial charge in [0.2, 0.25) is 0 Å². The molecule has 18 heavy (non-hydrogen) atoms. The van der Waals surface area contributed by atoms with Gasteiger partial charge in [-0.2, -0.15) is 0 Å². The van der Waals surface area contributed by atoms with Crippen molar-refractivity contribution in [2.75, 3.05) is 0 Å². The smallest absolute Gasteiger partial charge is 0.138 e. The molecule has 3 rings (SSSR count). The topological polar surface area (TPSA) is 28.7 Å². The van der Waals surface area contributed by atoms with Gasteiger partial charge >= 0.3 is 0 Å². The summed E-state index contributed by atoms with van der Waals surface area (Å²) < 4.78 is 1.01. The van der Waals surface area contributed by atoms with Crippen molar-refractivity contribution >= 4 is 38.6 Å². The number of aryl methyl sites for hydroxylation is 1. The van der Waals surface area contributed by atoms with E-state index in [0.29, 0.717) is 0 Å². The van der Waals surface area contributed by atoms with Crippen molar-refractivity contribution in [1.29, 1.82) is 0 Å². The average Bonchev–Trinajstić information content (AvgIpc) is 2.74. The molecule has 0 aliphatic heterocycles. The molecule has 1 N–H and O–H groups in total. The lowest BCUT2D eigenvalue weighted by atomic mass is 10.2. The molecule has 3 aromatic rings. The first-order chi connectivity index (χ1) is 8.63. The maximum atomic E-state index is 5.89. The van der Waals surface area contributed by atoms with E-state index in [9.17, 15) is 0 Å². The summed E-state index contributed by atoms with van der Waals surface area (Å²) in [6.07, 6.45) is 0. The number of halogens is 2. The lowest BCUT2D eigenvalue weighted by Gasteiger charge is -1.95. The van der Waals surface area contributed by atoms with Crippen molar-refractivity contribution in [3.8, 4) is 11.4 Å². The highest BCUT2D eigenvalue weighted by Gasteiger charge is 2.08. The van der Waals surface area contributed by atoms with E-state index in [2.05, 4.69) is 45.0 Å². The Kier molecular flexibility index (Phi) is 2.88. The van der Waals surface area contributed by atoms with Crippen LogP contribution < -0.4 is 0 Å². The monoisotopic (exact) mass is 320 g/mol. The standard InChI is InChI=1S/C14H10BrClN2/c1-8-6-11(15)13-12(7-8)17-14(18-13)9-2-4-10(16)5-3-9/h2-7H,1H3,(H,17,18). The quantitative estimate of drug-likeness (QED) is 0.674. The number of aromatic nitrogens is 2. The van der Waals surface area contributed by atoms with Gasteiger partial charge in [-0.05, 0) is 64.8 Å². The normalized spacial score (nSPS) is 11.1. The molecule has 0 unspecified atom stereocenters. The molecule has 1 heterocycles. The lowest BCUT2D eigenvalue weighted by Crippen LogP contribution is -1.78. The summed E-state index contributed by atoms with van der Waals surface area (Å²) in [6.45, 7) is 2.06. The number of H-pyrrole nitrogens is 1. The Labute approximate surface area is 118 Å². The highest BCUT2D eigenvalue weighted by molar-refractivity contribution is 9.10. The molecule has 0 aliphatic carbocycles. The molecule has 0 atom stereocenters. The Bertz CT molecular complexity index is 716. The summed E-state index contributed by atoms with van der Waals surface area (Å²) in [5.74, 6) is 0.855. The summed E-state index contributed by atoms with van der Waals surface area (Å²) in [4.78, 5) is 7.94. The zero-order valence-corrected chi connectivity index (χ0v) is 12.0. The molecule has 0 saturated carbocycles. The van der Waals surface area contributed by atoms with Crippen molar-refractivity contribution in [2.24, 2.45) is 0 Å². The second-order valence-electron chi connectivity index (χ2n) is 4.24. The van der Waals surface area contributed by atoms with E-state index in [4.69, 9.17) is 11.6 Å². The Hall–Kier alpha value is -1.32. The van der Waals surface area contributed by atoms with E-state index in [-0.39, 0.29) is 0 Å². The van der Waals surface area contributed by atoms with Gasteiger partial charge in [-0.1, -0.05) is 11.6 Å². The van der Waals surface area contributed by atoms with Gasteiger partial charge in [0.1, 0.15) is 11.3 Å². The molecule has 1 aromatic heterocycles. The van der Waals surface area contributed by atoms with Crippen LogP contribution in [0, 0.1) is 6.92 Å². The molecule has 0 saturated heterocycles. The molecule has 2 aromatic carbocycles. The number of fused-ring (bicyclic) bond motifs is 1. The summed E-state index contributed by atoms with van der Waals surface area (Å²) >= 11 is 9.43. The van der Waals surface area contributed by atoms with Crippen LogP contribution in [0.5, 0.6) is 0 Å². The number of hydrogen-bond donors (Lipinski definition) is 1. The summed E-state index contributed by atoms with van der Waals surface area (Å²) in [7, 11) is 0.